The highest BCUT2D eigenvalue weighted by Gasteiger charge is 2.33. The summed E-state index contributed by atoms with van der Waals surface area (Å²) in [5.74, 6) is 0. The first-order valence-corrected chi connectivity index (χ1v) is 9.01. The molecular formula is C14H16N4OS2. The van der Waals surface area contributed by atoms with Crippen molar-refractivity contribution in [3.8, 4) is 0 Å². The summed E-state index contributed by atoms with van der Waals surface area (Å²) in [6.07, 6.45) is 5.69. The van der Waals surface area contributed by atoms with Crippen LogP contribution in [0.3, 0.4) is 0 Å². The van der Waals surface area contributed by atoms with Gasteiger partial charge in [-0.2, -0.15) is 0 Å². The molecule has 0 N–H and O–H groups in total. The van der Waals surface area contributed by atoms with Gasteiger partial charge in [0.15, 0.2) is 10.8 Å². The van der Waals surface area contributed by atoms with Crippen LogP contribution in [0.1, 0.15) is 30.7 Å². The lowest BCUT2D eigenvalue weighted by Crippen LogP contribution is -2.33. The zero-order valence-corrected chi connectivity index (χ0v) is 13.8. The highest BCUT2D eigenvalue weighted by molar-refractivity contribution is 7.98. The van der Waals surface area contributed by atoms with E-state index >= 15 is 0 Å². The van der Waals surface area contributed by atoms with Crippen LogP contribution in [0.5, 0.6) is 0 Å². The van der Waals surface area contributed by atoms with Crippen LogP contribution in [-0.4, -0.2) is 31.4 Å². The van der Waals surface area contributed by atoms with E-state index < -0.39 is 0 Å². The van der Waals surface area contributed by atoms with Crippen LogP contribution in [-0.2, 0) is 17.8 Å². The maximum atomic E-state index is 6.06. The molecule has 1 atom stereocenters. The van der Waals surface area contributed by atoms with E-state index in [9.17, 15) is 0 Å². The van der Waals surface area contributed by atoms with Gasteiger partial charge in [-0.1, -0.05) is 18.7 Å². The van der Waals surface area contributed by atoms with E-state index in [1.165, 1.54) is 10.4 Å². The van der Waals surface area contributed by atoms with Gasteiger partial charge in [0, 0.05) is 11.3 Å². The minimum absolute atomic E-state index is 0.0871. The summed E-state index contributed by atoms with van der Waals surface area (Å²) in [5.41, 5.74) is 2.18. The van der Waals surface area contributed by atoms with Gasteiger partial charge in [0.2, 0.25) is 0 Å². The van der Waals surface area contributed by atoms with E-state index in [2.05, 4.69) is 24.0 Å². The van der Waals surface area contributed by atoms with Crippen molar-refractivity contribution in [1.82, 2.24) is 19.6 Å². The lowest BCUT2D eigenvalue weighted by Gasteiger charge is -2.32. The highest BCUT2D eigenvalue weighted by Crippen LogP contribution is 2.41. The van der Waals surface area contributed by atoms with Crippen molar-refractivity contribution in [3.63, 3.8) is 0 Å². The third-order valence-corrected chi connectivity index (χ3v) is 6.03. The molecule has 0 saturated carbocycles. The lowest BCUT2D eigenvalue weighted by molar-refractivity contribution is -0.0542. The fourth-order valence-corrected chi connectivity index (χ4v) is 4.50. The Balaban J connectivity index is 2.04. The molecule has 5 nitrogen and oxygen atoms in total. The van der Waals surface area contributed by atoms with Crippen molar-refractivity contribution >= 4 is 39.0 Å². The molecule has 1 aliphatic rings. The number of rotatable bonds is 2. The van der Waals surface area contributed by atoms with Gasteiger partial charge in [-0.15, -0.1) is 21.5 Å². The standard InChI is InChI=1S/C14H16N4OS2/c1-4-14(2)5-8-9(6-19-14)21-12-10(8)11-17-15-7-18(11)13(16-12)20-3/h7H,4-6H2,1-3H3. The van der Waals surface area contributed by atoms with Crippen molar-refractivity contribution in [3.05, 3.63) is 16.8 Å². The van der Waals surface area contributed by atoms with Crippen LogP contribution in [0.2, 0.25) is 0 Å². The summed E-state index contributed by atoms with van der Waals surface area (Å²) < 4.78 is 8.04. The number of hydrogen-bond donors (Lipinski definition) is 0. The molecule has 0 amide bonds. The second-order valence-electron chi connectivity index (χ2n) is 5.58. The van der Waals surface area contributed by atoms with Crippen LogP contribution in [0.4, 0.5) is 0 Å². The molecule has 0 radical (unpaired) electrons. The maximum Gasteiger partial charge on any atom is 0.176 e. The normalized spacial score (nSPS) is 22.0. The van der Waals surface area contributed by atoms with Crippen LogP contribution in [0.25, 0.3) is 15.9 Å². The number of thiophene rings is 1. The van der Waals surface area contributed by atoms with Gasteiger partial charge in [0.25, 0.3) is 0 Å². The van der Waals surface area contributed by atoms with E-state index in [-0.39, 0.29) is 5.60 Å². The Hall–Kier alpha value is -1.18. The van der Waals surface area contributed by atoms with E-state index in [1.54, 1.807) is 29.4 Å². The van der Waals surface area contributed by atoms with E-state index in [1.807, 2.05) is 10.7 Å². The first-order chi connectivity index (χ1) is 10.1. The predicted molar refractivity (Wildman–Crippen MR) is 85.1 cm³/mol. The van der Waals surface area contributed by atoms with Gasteiger partial charge in [0.05, 0.1) is 17.6 Å². The summed E-state index contributed by atoms with van der Waals surface area (Å²) in [6, 6.07) is 0. The predicted octanol–water partition coefficient (Wildman–Crippen LogP) is 3.30. The third kappa shape index (κ3) is 1.91. The largest absolute Gasteiger partial charge is 0.369 e. The first kappa shape index (κ1) is 13.5. The Bertz CT molecular complexity index is 840. The monoisotopic (exact) mass is 320 g/mol. The van der Waals surface area contributed by atoms with Crippen LogP contribution < -0.4 is 0 Å². The maximum absolute atomic E-state index is 6.06. The number of ether oxygens (including phenoxy) is 1. The number of nitrogens with zero attached hydrogens (tertiary/aromatic N) is 4. The molecule has 1 aliphatic heterocycles. The minimum Gasteiger partial charge on any atom is -0.369 e. The molecule has 3 aromatic rings. The molecule has 0 aliphatic carbocycles. The molecular weight excluding hydrogens is 304 g/mol. The average molecular weight is 320 g/mol. The van der Waals surface area contributed by atoms with Gasteiger partial charge in [-0.05, 0) is 25.2 Å². The zero-order valence-electron chi connectivity index (χ0n) is 12.2. The number of thioether (sulfide) groups is 1. The summed E-state index contributed by atoms with van der Waals surface area (Å²) in [6.45, 7) is 5.04. The van der Waals surface area contributed by atoms with Gasteiger partial charge in [-0.25, -0.2) is 4.98 Å². The smallest absolute Gasteiger partial charge is 0.176 e. The Kier molecular flexibility index (Phi) is 2.99. The Labute approximate surface area is 130 Å². The van der Waals surface area contributed by atoms with Gasteiger partial charge in [0.1, 0.15) is 11.2 Å². The summed E-state index contributed by atoms with van der Waals surface area (Å²) >= 11 is 3.34. The van der Waals surface area contributed by atoms with Gasteiger partial charge >= 0.3 is 0 Å². The van der Waals surface area contributed by atoms with Crippen LogP contribution in [0.15, 0.2) is 11.5 Å². The van der Waals surface area contributed by atoms with Crippen molar-refractivity contribution in [2.24, 2.45) is 0 Å². The van der Waals surface area contributed by atoms with Gasteiger partial charge in [-0.3, -0.25) is 4.40 Å². The topological polar surface area (TPSA) is 52.3 Å². The molecule has 3 aromatic heterocycles. The Morgan fingerprint density at radius 3 is 3.14 bits per heavy atom. The molecule has 4 rings (SSSR count). The van der Waals surface area contributed by atoms with Crippen molar-refractivity contribution in [1.29, 1.82) is 0 Å². The molecule has 0 saturated heterocycles. The highest BCUT2D eigenvalue weighted by atomic mass is 32.2. The lowest BCUT2D eigenvalue weighted by atomic mass is 9.90. The fourth-order valence-electron chi connectivity index (χ4n) is 2.83. The molecule has 110 valence electrons. The minimum atomic E-state index is -0.0871. The fraction of sp³-hybridized carbons (Fsp3) is 0.500. The summed E-state index contributed by atoms with van der Waals surface area (Å²) in [5, 5.41) is 10.5. The molecule has 4 heterocycles. The average Bonchev–Trinajstić information content (AvgIpc) is 3.09. The molecule has 0 aromatic carbocycles. The molecule has 7 heteroatoms. The quantitative estimate of drug-likeness (QED) is 0.535. The van der Waals surface area contributed by atoms with Crippen LogP contribution in [0, 0.1) is 0 Å². The molecule has 0 bridgehead atoms. The second kappa shape index (κ2) is 4.66. The summed E-state index contributed by atoms with van der Waals surface area (Å²) in [4.78, 5) is 7.12. The van der Waals surface area contributed by atoms with Crippen molar-refractivity contribution in [2.75, 3.05) is 6.26 Å². The van der Waals surface area contributed by atoms with E-state index in [0.29, 0.717) is 6.61 Å². The van der Waals surface area contributed by atoms with Crippen molar-refractivity contribution < 1.29 is 4.74 Å². The van der Waals surface area contributed by atoms with E-state index in [0.717, 1.165) is 33.9 Å². The molecule has 1 unspecified atom stereocenters. The van der Waals surface area contributed by atoms with Crippen LogP contribution >= 0.6 is 23.1 Å². The SMILES string of the molecule is CCC1(C)Cc2c(sc3nc(SC)n4cnnc4c23)CO1. The Morgan fingerprint density at radius 2 is 2.38 bits per heavy atom. The van der Waals surface area contributed by atoms with E-state index in [4.69, 9.17) is 9.72 Å². The number of fused-ring (bicyclic) bond motifs is 5. The molecule has 0 spiro atoms. The Morgan fingerprint density at radius 1 is 1.52 bits per heavy atom. The van der Waals surface area contributed by atoms with Gasteiger partial charge < -0.3 is 4.74 Å². The molecule has 0 fully saturated rings. The molecule has 21 heavy (non-hydrogen) atoms. The summed E-state index contributed by atoms with van der Waals surface area (Å²) in [7, 11) is 0. The first-order valence-electron chi connectivity index (χ1n) is 6.97. The number of aromatic nitrogens is 4. The second-order valence-corrected chi connectivity index (χ2v) is 7.43. The zero-order chi connectivity index (χ0) is 14.6. The number of hydrogen-bond acceptors (Lipinski definition) is 6. The van der Waals surface area contributed by atoms with Crippen molar-refractivity contribution in [2.45, 2.75) is 44.1 Å². The third-order valence-electron chi connectivity index (χ3n) is 4.28.